The summed E-state index contributed by atoms with van der Waals surface area (Å²) in [7, 11) is 0. The van der Waals surface area contributed by atoms with E-state index in [4.69, 9.17) is 21.1 Å². The Morgan fingerprint density at radius 2 is 2.21 bits per heavy atom. The summed E-state index contributed by atoms with van der Waals surface area (Å²) in [5.74, 6) is -0.859. The molecule has 0 fully saturated rings. The molecule has 0 spiro atoms. The molecule has 4 heteroatoms. The number of aliphatic carboxylic acids is 1. The van der Waals surface area contributed by atoms with Crippen molar-refractivity contribution in [3.8, 4) is 0 Å². The van der Waals surface area contributed by atoms with Crippen molar-refractivity contribution in [2.75, 3.05) is 0 Å². The van der Waals surface area contributed by atoms with Gasteiger partial charge in [0.1, 0.15) is 5.58 Å². The second-order valence-corrected chi connectivity index (χ2v) is 3.37. The molecule has 14 heavy (non-hydrogen) atoms. The first-order valence-electron chi connectivity index (χ1n) is 4.05. The van der Waals surface area contributed by atoms with Crippen LogP contribution in [0.4, 0.5) is 0 Å². The first-order valence-corrected chi connectivity index (χ1v) is 4.43. The van der Waals surface area contributed by atoms with E-state index in [9.17, 15) is 4.79 Å². The lowest BCUT2D eigenvalue weighted by atomic mass is 10.1. The Morgan fingerprint density at radius 1 is 1.43 bits per heavy atom. The van der Waals surface area contributed by atoms with Crippen LogP contribution in [0.1, 0.15) is 5.56 Å². The van der Waals surface area contributed by atoms with E-state index in [1.165, 1.54) is 0 Å². The van der Waals surface area contributed by atoms with Crippen molar-refractivity contribution >= 4 is 28.5 Å². The zero-order valence-electron chi connectivity index (χ0n) is 7.16. The summed E-state index contributed by atoms with van der Waals surface area (Å²) >= 11 is 5.66. The van der Waals surface area contributed by atoms with Gasteiger partial charge in [0, 0.05) is 11.5 Å². The van der Waals surface area contributed by atoms with Crippen LogP contribution in [0.15, 0.2) is 28.7 Å². The molecule has 0 atom stereocenters. The summed E-state index contributed by atoms with van der Waals surface area (Å²) in [4.78, 5) is 10.5. The summed E-state index contributed by atoms with van der Waals surface area (Å²) in [6.45, 7) is 0. The van der Waals surface area contributed by atoms with Crippen LogP contribution in [0.5, 0.6) is 0 Å². The number of carbonyl (C=O) groups is 1. The zero-order valence-corrected chi connectivity index (χ0v) is 7.91. The second-order valence-electron chi connectivity index (χ2n) is 2.99. The Labute approximate surface area is 84.9 Å². The highest BCUT2D eigenvalue weighted by atomic mass is 35.5. The van der Waals surface area contributed by atoms with Crippen molar-refractivity contribution in [2.45, 2.75) is 6.42 Å². The molecule has 0 amide bonds. The predicted molar refractivity (Wildman–Crippen MR) is 52.6 cm³/mol. The molecule has 1 heterocycles. The highest BCUT2D eigenvalue weighted by Crippen LogP contribution is 2.23. The molecule has 0 saturated carbocycles. The van der Waals surface area contributed by atoms with Gasteiger partial charge in [-0.25, -0.2) is 0 Å². The number of benzene rings is 1. The number of carboxylic acid groups (broad SMARTS) is 1. The van der Waals surface area contributed by atoms with Crippen molar-refractivity contribution < 1.29 is 14.3 Å². The molecule has 1 N–H and O–H groups in total. The molecule has 3 nitrogen and oxygen atoms in total. The van der Waals surface area contributed by atoms with Gasteiger partial charge < -0.3 is 9.52 Å². The van der Waals surface area contributed by atoms with Gasteiger partial charge in [0.25, 0.3) is 0 Å². The maximum absolute atomic E-state index is 10.5. The van der Waals surface area contributed by atoms with Crippen LogP contribution in [-0.4, -0.2) is 11.1 Å². The van der Waals surface area contributed by atoms with E-state index >= 15 is 0 Å². The van der Waals surface area contributed by atoms with E-state index in [-0.39, 0.29) is 6.42 Å². The van der Waals surface area contributed by atoms with E-state index in [1.807, 2.05) is 0 Å². The molecule has 0 bridgehead atoms. The van der Waals surface area contributed by atoms with Gasteiger partial charge >= 0.3 is 5.97 Å². The minimum absolute atomic E-state index is 0.00570. The van der Waals surface area contributed by atoms with Crippen LogP contribution in [-0.2, 0) is 11.2 Å². The first-order chi connectivity index (χ1) is 6.65. The largest absolute Gasteiger partial charge is 0.481 e. The van der Waals surface area contributed by atoms with Crippen molar-refractivity contribution in [3.05, 3.63) is 35.0 Å². The number of rotatable bonds is 2. The van der Waals surface area contributed by atoms with E-state index in [0.717, 1.165) is 5.39 Å². The van der Waals surface area contributed by atoms with Crippen molar-refractivity contribution in [1.82, 2.24) is 0 Å². The van der Waals surface area contributed by atoms with Crippen molar-refractivity contribution in [1.29, 1.82) is 0 Å². The van der Waals surface area contributed by atoms with Crippen molar-refractivity contribution in [2.24, 2.45) is 0 Å². The average Bonchev–Trinajstić information content (AvgIpc) is 2.42. The van der Waals surface area contributed by atoms with Gasteiger partial charge in [-0.3, -0.25) is 4.79 Å². The van der Waals surface area contributed by atoms with Gasteiger partial charge in [-0.1, -0.05) is 12.1 Å². The van der Waals surface area contributed by atoms with Crippen LogP contribution in [0.2, 0.25) is 5.22 Å². The normalized spacial score (nSPS) is 10.6. The van der Waals surface area contributed by atoms with Gasteiger partial charge in [-0.15, -0.1) is 0 Å². The lowest BCUT2D eigenvalue weighted by Gasteiger charge is -1.95. The molecule has 2 rings (SSSR count). The average molecular weight is 211 g/mol. The summed E-state index contributed by atoms with van der Waals surface area (Å²) in [5.41, 5.74) is 1.32. The Bertz CT molecular complexity index is 487. The zero-order chi connectivity index (χ0) is 10.1. The smallest absolute Gasteiger partial charge is 0.307 e. The van der Waals surface area contributed by atoms with Gasteiger partial charge in [0.05, 0.1) is 6.42 Å². The number of fused-ring (bicyclic) bond motifs is 1. The van der Waals surface area contributed by atoms with Crippen LogP contribution in [0.3, 0.4) is 0 Å². The minimum Gasteiger partial charge on any atom is -0.481 e. The van der Waals surface area contributed by atoms with E-state index in [0.29, 0.717) is 16.4 Å². The fraction of sp³-hybridized carbons (Fsp3) is 0.100. The SMILES string of the molecule is O=C(O)Cc1ccc2cc(Cl)oc2c1. The molecule has 72 valence electrons. The molecule has 0 radical (unpaired) electrons. The Balaban J connectivity index is 2.45. The maximum Gasteiger partial charge on any atom is 0.307 e. The molecule has 0 aliphatic rings. The quantitative estimate of drug-likeness (QED) is 0.829. The number of halogens is 1. The molecular formula is C10H7ClO3. The van der Waals surface area contributed by atoms with Crippen LogP contribution in [0.25, 0.3) is 11.0 Å². The van der Waals surface area contributed by atoms with E-state index in [1.54, 1.807) is 24.3 Å². The molecule has 1 aromatic heterocycles. The third-order valence-electron chi connectivity index (χ3n) is 1.91. The topological polar surface area (TPSA) is 50.4 Å². The third-order valence-corrected chi connectivity index (χ3v) is 2.10. The van der Waals surface area contributed by atoms with Crippen LogP contribution < -0.4 is 0 Å². The predicted octanol–water partition coefficient (Wildman–Crippen LogP) is 2.71. The number of hydrogen-bond donors (Lipinski definition) is 1. The molecule has 2 aromatic rings. The first kappa shape index (κ1) is 9.09. The second kappa shape index (κ2) is 3.35. The summed E-state index contributed by atoms with van der Waals surface area (Å²) in [6.07, 6.45) is -0.00570. The summed E-state index contributed by atoms with van der Waals surface area (Å²) in [5, 5.41) is 9.78. The Kier molecular flexibility index (Phi) is 2.17. The standard InChI is InChI=1S/C10H7ClO3/c11-9-5-7-2-1-6(4-10(12)13)3-8(7)14-9/h1-3,5H,4H2,(H,12,13). The van der Waals surface area contributed by atoms with Gasteiger partial charge in [0.15, 0.2) is 5.22 Å². The molecule has 0 aliphatic carbocycles. The number of furan rings is 1. The highest BCUT2D eigenvalue weighted by molar-refractivity contribution is 6.29. The summed E-state index contributed by atoms with van der Waals surface area (Å²) < 4.78 is 5.16. The lowest BCUT2D eigenvalue weighted by molar-refractivity contribution is -0.136. The third kappa shape index (κ3) is 1.72. The molecule has 0 unspecified atom stereocenters. The number of hydrogen-bond acceptors (Lipinski definition) is 2. The van der Waals surface area contributed by atoms with E-state index in [2.05, 4.69) is 0 Å². The highest BCUT2D eigenvalue weighted by Gasteiger charge is 2.05. The molecular weight excluding hydrogens is 204 g/mol. The van der Waals surface area contributed by atoms with Crippen molar-refractivity contribution in [3.63, 3.8) is 0 Å². The lowest BCUT2D eigenvalue weighted by Crippen LogP contribution is -1.99. The Hall–Kier alpha value is -1.48. The molecule has 0 aliphatic heterocycles. The van der Waals surface area contributed by atoms with Gasteiger partial charge in [-0.05, 0) is 23.2 Å². The molecule has 0 saturated heterocycles. The fourth-order valence-electron chi connectivity index (χ4n) is 1.33. The molecule has 1 aromatic carbocycles. The Morgan fingerprint density at radius 3 is 2.93 bits per heavy atom. The fourth-order valence-corrected chi connectivity index (χ4v) is 1.53. The van der Waals surface area contributed by atoms with E-state index < -0.39 is 5.97 Å². The van der Waals surface area contributed by atoms with Crippen LogP contribution in [0, 0.1) is 0 Å². The number of carboxylic acids is 1. The summed E-state index contributed by atoms with van der Waals surface area (Å²) in [6, 6.07) is 6.93. The van der Waals surface area contributed by atoms with Crippen LogP contribution >= 0.6 is 11.6 Å². The minimum atomic E-state index is -0.859. The van der Waals surface area contributed by atoms with Gasteiger partial charge in [0.2, 0.25) is 0 Å². The van der Waals surface area contributed by atoms with Gasteiger partial charge in [-0.2, -0.15) is 0 Å². The maximum atomic E-state index is 10.5. The monoisotopic (exact) mass is 210 g/mol.